The zero-order valence-corrected chi connectivity index (χ0v) is 14.0. The van der Waals surface area contributed by atoms with Gasteiger partial charge in [0, 0.05) is 30.4 Å². The lowest BCUT2D eigenvalue weighted by Crippen LogP contribution is -2.30. The number of hydrogen-bond acceptors (Lipinski definition) is 2. The molecule has 3 amide bonds. The maximum Gasteiger partial charge on any atom is 0.319 e. The predicted molar refractivity (Wildman–Crippen MR) is 97.5 cm³/mol. The summed E-state index contributed by atoms with van der Waals surface area (Å²) in [6.07, 6.45) is 2.89. The fourth-order valence-corrected chi connectivity index (χ4v) is 3.19. The van der Waals surface area contributed by atoms with Gasteiger partial charge in [0.05, 0.1) is 0 Å². The molecule has 0 aromatic heterocycles. The van der Waals surface area contributed by atoms with Crippen molar-refractivity contribution in [2.24, 2.45) is 5.92 Å². The minimum Gasteiger partial charge on any atom is -0.334 e. The first kappa shape index (κ1) is 15.7. The van der Waals surface area contributed by atoms with Crippen LogP contribution in [0.2, 0.25) is 0 Å². The van der Waals surface area contributed by atoms with Crippen LogP contribution in [0.3, 0.4) is 0 Å². The smallest absolute Gasteiger partial charge is 0.319 e. The van der Waals surface area contributed by atoms with Crippen LogP contribution in [0.5, 0.6) is 0 Å². The number of hydrogen-bond donors (Lipinski definition) is 2. The second-order valence-electron chi connectivity index (χ2n) is 6.65. The summed E-state index contributed by atoms with van der Waals surface area (Å²) in [7, 11) is 0. The van der Waals surface area contributed by atoms with Crippen LogP contribution < -0.4 is 15.5 Å². The number of rotatable bonds is 4. The van der Waals surface area contributed by atoms with E-state index >= 15 is 0 Å². The number of carbonyl (C=O) groups is 2. The highest BCUT2D eigenvalue weighted by atomic mass is 16.2. The van der Waals surface area contributed by atoms with Crippen LogP contribution in [0.4, 0.5) is 16.2 Å². The highest BCUT2D eigenvalue weighted by Crippen LogP contribution is 2.37. The van der Waals surface area contributed by atoms with Crippen molar-refractivity contribution in [3.63, 3.8) is 0 Å². The van der Waals surface area contributed by atoms with Gasteiger partial charge in [-0.15, -0.1) is 0 Å². The summed E-state index contributed by atoms with van der Waals surface area (Å²) < 4.78 is 0. The van der Waals surface area contributed by atoms with E-state index in [0.29, 0.717) is 12.2 Å². The van der Waals surface area contributed by atoms with Crippen molar-refractivity contribution in [3.05, 3.63) is 59.7 Å². The fraction of sp³-hybridized carbons (Fsp3) is 0.300. The summed E-state index contributed by atoms with van der Waals surface area (Å²) in [5.41, 5.74) is 3.87. The second-order valence-corrected chi connectivity index (χ2v) is 6.65. The summed E-state index contributed by atoms with van der Waals surface area (Å²) in [6.45, 7) is 1.22. The molecule has 0 bridgehead atoms. The van der Waals surface area contributed by atoms with Crippen molar-refractivity contribution in [2.45, 2.75) is 25.8 Å². The van der Waals surface area contributed by atoms with Crippen molar-refractivity contribution in [1.82, 2.24) is 5.32 Å². The maximum absolute atomic E-state index is 12.4. The van der Waals surface area contributed by atoms with E-state index in [-0.39, 0.29) is 17.9 Å². The Kier molecular flexibility index (Phi) is 4.14. The molecule has 128 valence electrons. The van der Waals surface area contributed by atoms with E-state index in [1.165, 1.54) is 5.56 Å². The molecule has 0 radical (unpaired) electrons. The molecule has 0 atom stereocenters. The number of amides is 3. The molecule has 1 aliphatic carbocycles. The van der Waals surface area contributed by atoms with E-state index in [0.717, 1.165) is 37.1 Å². The summed E-state index contributed by atoms with van der Waals surface area (Å²) in [5, 5.41) is 5.70. The zero-order valence-electron chi connectivity index (χ0n) is 14.0. The lowest BCUT2D eigenvalue weighted by atomic mass is 10.1. The molecule has 0 unspecified atom stereocenters. The number of urea groups is 1. The standard InChI is InChI=1S/C20H21N3O2/c24-19(16-6-7-16)23-11-10-15-8-9-17(12-18(15)23)22-20(25)21-13-14-4-2-1-3-5-14/h1-5,8-9,12,16H,6-7,10-11,13H2,(H2,21,22,25). The molecule has 2 aliphatic rings. The zero-order chi connectivity index (χ0) is 17.2. The van der Waals surface area contributed by atoms with E-state index in [1.54, 1.807) is 0 Å². The summed E-state index contributed by atoms with van der Waals surface area (Å²) in [6, 6.07) is 15.3. The molecule has 2 aromatic carbocycles. The molecule has 4 rings (SSSR count). The lowest BCUT2D eigenvalue weighted by Gasteiger charge is -2.18. The van der Waals surface area contributed by atoms with Crippen LogP contribution in [-0.2, 0) is 17.8 Å². The number of fused-ring (bicyclic) bond motifs is 1. The van der Waals surface area contributed by atoms with Crippen molar-refractivity contribution < 1.29 is 9.59 Å². The summed E-state index contributed by atoms with van der Waals surface area (Å²) in [5.74, 6) is 0.432. The van der Waals surface area contributed by atoms with Gasteiger partial charge in [-0.1, -0.05) is 36.4 Å². The highest BCUT2D eigenvalue weighted by Gasteiger charge is 2.36. The Morgan fingerprint density at radius 3 is 2.64 bits per heavy atom. The van der Waals surface area contributed by atoms with Gasteiger partial charge in [0.25, 0.3) is 0 Å². The second kappa shape index (κ2) is 6.59. The normalized spacial score (nSPS) is 15.6. The molecule has 0 saturated heterocycles. The number of carbonyl (C=O) groups excluding carboxylic acids is 2. The minimum atomic E-state index is -0.248. The van der Waals surface area contributed by atoms with Gasteiger partial charge in [-0.25, -0.2) is 4.79 Å². The van der Waals surface area contributed by atoms with E-state index in [9.17, 15) is 9.59 Å². The topological polar surface area (TPSA) is 61.4 Å². The Morgan fingerprint density at radius 1 is 1.08 bits per heavy atom. The molecule has 5 heteroatoms. The average Bonchev–Trinajstić information content (AvgIpc) is 3.40. The van der Waals surface area contributed by atoms with Crippen LogP contribution >= 0.6 is 0 Å². The highest BCUT2D eigenvalue weighted by molar-refractivity contribution is 5.99. The third-order valence-electron chi connectivity index (χ3n) is 4.73. The first-order valence-electron chi connectivity index (χ1n) is 8.74. The van der Waals surface area contributed by atoms with Gasteiger partial charge in [0.2, 0.25) is 5.91 Å². The van der Waals surface area contributed by atoms with Crippen molar-refractivity contribution in [1.29, 1.82) is 0 Å². The van der Waals surface area contributed by atoms with Gasteiger partial charge in [0.15, 0.2) is 0 Å². The molecule has 1 aliphatic heterocycles. The van der Waals surface area contributed by atoms with E-state index in [2.05, 4.69) is 10.6 Å². The van der Waals surface area contributed by atoms with Crippen LogP contribution in [0.1, 0.15) is 24.0 Å². The number of nitrogens with zero attached hydrogens (tertiary/aromatic N) is 1. The Hall–Kier alpha value is -2.82. The van der Waals surface area contributed by atoms with E-state index in [4.69, 9.17) is 0 Å². The van der Waals surface area contributed by atoms with E-state index in [1.807, 2.05) is 53.4 Å². The largest absolute Gasteiger partial charge is 0.334 e. The molecule has 5 nitrogen and oxygen atoms in total. The molecule has 1 saturated carbocycles. The van der Waals surface area contributed by atoms with Crippen molar-refractivity contribution in [3.8, 4) is 0 Å². The van der Waals surface area contributed by atoms with Crippen LogP contribution in [0.25, 0.3) is 0 Å². The molecular weight excluding hydrogens is 314 g/mol. The first-order chi connectivity index (χ1) is 12.2. The molecule has 1 heterocycles. The molecule has 0 spiro atoms. The van der Waals surface area contributed by atoms with Gasteiger partial charge in [-0.05, 0) is 42.5 Å². The number of nitrogens with one attached hydrogen (secondary N) is 2. The molecule has 2 N–H and O–H groups in total. The first-order valence-corrected chi connectivity index (χ1v) is 8.74. The van der Waals surface area contributed by atoms with Crippen molar-refractivity contribution >= 4 is 23.3 Å². The van der Waals surface area contributed by atoms with Crippen molar-refractivity contribution in [2.75, 3.05) is 16.8 Å². The van der Waals surface area contributed by atoms with Gasteiger partial charge in [0.1, 0.15) is 0 Å². The van der Waals surface area contributed by atoms with Gasteiger partial charge < -0.3 is 15.5 Å². The summed E-state index contributed by atoms with van der Waals surface area (Å²) >= 11 is 0. The predicted octanol–water partition coefficient (Wildman–Crippen LogP) is 3.31. The van der Waals surface area contributed by atoms with Crippen LogP contribution in [-0.4, -0.2) is 18.5 Å². The van der Waals surface area contributed by atoms with E-state index < -0.39 is 0 Å². The molecule has 25 heavy (non-hydrogen) atoms. The minimum absolute atomic E-state index is 0.205. The van der Waals surface area contributed by atoms with Gasteiger partial charge in [-0.3, -0.25) is 4.79 Å². The maximum atomic E-state index is 12.4. The Labute approximate surface area is 147 Å². The van der Waals surface area contributed by atoms with Gasteiger partial charge in [-0.2, -0.15) is 0 Å². The van der Waals surface area contributed by atoms with Crippen LogP contribution in [0, 0.1) is 5.92 Å². The monoisotopic (exact) mass is 335 g/mol. The quantitative estimate of drug-likeness (QED) is 0.900. The van der Waals surface area contributed by atoms with Crippen LogP contribution in [0.15, 0.2) is 48.5 Å². The SMILES string of the molecule is O=C(NCc1ccccc1)Nc1ccc2c(c1)N(C(=O)C1CC1)CC2. The third kappa shape index (κ3) is 3.50. The Morgan fingerprint density at radius 2 is 1.88 bits per heavy atom. The molecular formula is C20H21N3O2. The Balaban J connectivity index is 1.40. The molecule has 2 aromatic rings. The Bertz CT molecular complexity index is 800. The lowest BCUT2D eigenvalue weighted by molar-refractivity contribution is -0.119. The third-order valence-corrected chi connectivity index (χ3v) is 4.73. The fourth-order valence-electron chi connectivity index (χ4n) is 3.19. The number of benzene rings is 2. The summed E-state index contributed by atoms with van der Waals surface area (Å²) in [4.78, 5) is 26.4. The number of anilines is 2. The van der Waals surface area contributed by atoms with Gasteiger partial charge >= 0.3 is 6.03 Å². The molecule has 1 fully saturated rings. The average molecular weight is 335 g/mol.